The second-order valence-corrected chi connectivity index (χ2v) is 6.44. The van der Waals surface area contributed by atoms with Crippen molar-refractivity contribution in [2.45, 2.75) is 38.8 Å². The fourth-order valence-electron chi connectivity index (χ4n) is 3.30. The highest BCUT2D eigenvalue weighted by Gasteiger charge is 2.30. The van der Waals surface area contributed by atoms with Crippen molar-refractivity contribution < 1.29 is 13.7 Å². The lowest BCUT2D eigenvalue weighted by Gasteiger charge is -2.35. The Kier molecular flexibility index (Phi) is 4.13. The summed E-state index contributed by atoms with van der Waals surface area (Å²) < 4.78 is 12.5. The summed E-state index contributed by atoms with van der Waals surface area (Å²) in [6.45, 7) is 3.44. The van der Waals surface area contributed by atoms with Crippen LogP contribution in [0.2, 0.25) is 0 Å². The predicted octanol–water partition coefficient (Wildman–Crippen LogP) is 3.13. The topological polar surface area (TPSA) is 77.3 Å². The van der Waals surface area contributed by atoms with Crippen LogP contribution in [-0.2, 0) is 6.54 Å². The van der Waals surface area contributed by atoms with Gasteiger partial charge >= 0.3 is 0 Å². The molecule has 1 aliphatic heterocycles. The first-order chi connectivity index (χ1) is 12.2. The highest BCUT2D eigenvalue weighted by molar-refractivity contribution is 5.93. The van der Waals surface area contributed by atoms with Crippen LogP contribution >= 0.6 is 0 Å². The summed E-state index contributed by atoms with van der Waals surface area (Å²) in [6, 6.07) is 5.31. The third-order valence-electron chi connectivity index (χ3n) is 4.54. The molecule has 1 atom stereocenters. The van der Waals surface area contributed by atoms with Crippen molar-refractivity contribution >= 4 is 5.91 Å². The number of rotatable bonds is 4. The van der Waals surface area contributed by atoms with Crippen molar-refractivity contribution in [1.29, 1.82) is 0 Å². The fraction of sp³-hybridized carbons (Fsp3) is 0.389. The molecule has 1 saturated heterocycles. The van der Waals surface area contributed by atoms with E-state index in [0.29, 0.717) is 23.8 Å². The molecule has 4 heterocycles. The third-order valence-corrected chi connectivity index (χ3v) is 4.54. The van der Waals surface area contributed by atoms with Crippen LogP contribution in [0.5, 0.6) is 0 Å². The van der Waals surface area contributed by atoms with Gasteiger partial charge in [-0.2, -0.15) is 5.10 Å². The van der Waals surface area contributed by atoms with Crippen LogP contribution in [0.15, 0.2) is 45.8 Å². The Balaban J connectivity index is 1.52. The van der Waals surface area contributed by atoms with Gasteiger partial charge in [-0.05, 0) is 43.9 Å². The largest absolute Gasteiger partial charge is 0.461 e. The van der Waals surface area contributed by atoms with Crippen LogP contribution < -0.4 is 0 Å². The van der Waals surface area contributed by atoms with Crippen molar-refractivity contribution in [1.82, 2.24) is 19.8 Å². The van der Waals surface area contributed by atoms with Crippen LogP contribution in [0.1, 0.15) is 35.3 Å². The number of carbonyl (C=O) groups excluding carboxylic acids is 1. The molecule has 4 rings (SSSR count). The number of piperidine rings is 1. The summed E-state index contributed by atoms with van der Waals surface area (Å²) in [5.41, 5.74) is 1.43. The number of aryl methyl sites for hydroxylation is 1. The maximum Gasteiger partial charge on any atom is 0.276 e. The van der Waals surface area contributed by atoms with Gasteiger partial charge < -0.3 is 13.8 Å². The van der Waals surface area contributed by atoms with Gasteiger partial charge in [-0.15, -0.1) is 0 Å². The molecule has 0 N–H and O–H groups in total. The monoisotopic (exact) mass is 340 g/mol. The van der Waals surface area contributed by atoms with Crippen LogP contribution in [-0.4, -0.2) is 38.3 Å². The zero-order valence-electron chi connectivity index (χ0n) is 14.1. The zero-order valence-corrected chi connectivity index (χ0v) is 14.1. The Morgan fingerprint density at radius 2 is 2.28 bits per heavy atom. The highest BCUT2D eigenvalue weighted by Crippen LogP contribution is 2.24. The number of carbonyl (C=O) groups is 1. The summed E-state index contributed by atoms with van der Waals surface area (Å²) in [7, 11) is 0. The van der Waals surface area contributed by atoms with Gasteiger partial charge in [0, 0.05) is 18.8 Å². The van der Waals surface area contributed by atoms with Gasteiger partial charge in [0.2, 0.25) is 5.76 Å². The molecular formula is C18H20N4O3. The molecule has 7 nitrogen and oxygen atoms in total. The van der Waals surface area contributed by atoms with Gasteiger partial charge in [-0.25, -0.2) is 0 Å². The molecular weight excluding hydrogens is 320 g/mol. The van der Waals surface area contributed by atoms with Crippen molar-refractivity contribution in [3.8, 4) is 11.5 Å². The van der Waals surface area contributed by atoms with Crippen molar-refractivity contribution in [2.24, 2.45) is 0 Å². The highest BCUT2D eigenvalue weighted by atomic mass is 16.5. The molecule has 0 aliphatic carbocycles. The van der Waals surface area contributed by atoms with Gasteiger partial charge in [0.15, 0.2) is 11.5 Å². The molecule has 1 amide bonds. The minimum absolute atomic E-state index is 0.102. The number of aromatic nitrogens is 3. The first kappa shape index (κ1) is 15.7. The Morgan fingerprint density at radius 1 is 1.36 bits per heavy atom. The van der Waals surface area contributed by atoms with Crippen LogP contribution in [0, 0.1) is 6.92 Å². The molecule has 0 saturated carbocycles. The lowest BCUT2D eigenvalue weighted by atomic mass is 10.0. The molecule has 0 spiro atoms. The first-order valence-electron chi connectivity index (χ1n) is 8.51. The lowest BCUT2D eigenvalue weighted by Crippen LogP contribution is -2.46. The van der Waals surface area contributed by atoms with Crippen LogP contribution in [0.25, 0.3) is 11.5 Å². The Hall–Kier alpha value is -2.83. The summed E-state index contributed by atoms with van der Waals surface area (Å²) in [4.78, 5) is 14.8. The average Bonchev–Trinajstić information content (AvgIpc) is 3.36. The number of likely N-dealkylation sites (tertiary alicyclic amines) is 1. The standard InChI is InChI=1S/C18H20N4O3/c1-13-10-19-21(11-13)12-14-5-2-3-7-22(14)18(23)15-9-17(25-20-15)16-6-4-8-24-16/h4,6,8-11,14H,2-3,5,7,12H2,1H3. The molecule has 3 aromatic heterocycles. The summed E-state index contributed by atoms with van der Waals surface area (Å²) >= 11 is 0. The molecule has 25 heavy (non-hydrogen) atoms. The van der Waals surface area contributed by atoms with Crippen LogP contribution in [0.3, 0.4) is 0 Å². The van der Waals surface area contributed by atoms with E-state index in [4.69, 9.17) is 8.94 Å². The maximum absolute atomic E-state index is 12.9. The normalized spacial score (nSPS) is 17.8. The molecule has 3 aromatic rings. The van der Waals surface area contributed by atoms with E-state index in [-0.39, 0.29) is 11.9 Å². The van der Waals surface area contributed by atoms with E-state index in [1.807, 2.05) is 28.9 Å². The molecule has 7 heteroatoms. The van der Waals surface area contributed by atoms with E-state index < -0.39 is 0 Å². The van der Waals surface area contributed by atoms with Crippen molar-refractivity contribution in [3.05, 3.63) is 48.1 Å². The number of hydrogen-bond donors (Lipinski definition) is 0. The molecule has 1 fully saturated rings. The first-order valence-corrected chi connectivity index (χ1v) is 8.51. The minimum atomic E-state index is -0.102. The smallest absolute Gasteiger partial charge is 0.276 e. The molecule has 0 radical (unpaired) electrons. The van der Waals surface area contributed by atoms with E-state index >= 15 is 0 Å². The lowest BCUT2D eigenvalue weighted by molar-refractivity contribution is 0.0573. The van der Waals surface area contributed by atoms with Crippen molar-refractivity contribution in [3.63, 3.8) is 0 Å². The average molecular weight is 340 g/mol. The van der Waals surface area contributed by atoms with E-state index in [0.717, 1.165) is 31.4 Å². The van der Waals surface area contributed by atoms with E-state index in [9.17, 15) is 4.79 Å². The second-order valence-electron chi connectivity index (χ2n) is 6.44. The van der Waals surface area contributed by atoms with Crippen molar-refractivity contribution in [2.75, 3.05) is 6.54 Å². The van der Waals surface area contributed by atoms with E-state index in [1.165, 1.54) is 0 Å². The quantitative estimate of drug-likeness (QED) is 0.729. The minimum Gasteiger partial charge on any atom is -0.461 e. The molecule has 0 bridgehead atoms. The fourth-order valence-corrected chi connectivity index (χ4v) is 3.30. The number of hydrogen-bond acceptors (Lipinski definition) is 5. The van der Waals surface area contributed by atoms with E-state index in [2.05, 4.69) is 10.3 Å². The molecule has 1 aliphatic rings. The SMILES string of the molecule is Cc1cnn(CC2CCCCN2C(=O)c2cc(-c3ccco3)on2)c1. The van der Waals surface area contributed by atoms with E-state index in [1.54, 1.807) is 24.5 Å². The molecule has 130 valence electrons. The number of nitrogens with zero attached hydrogens (tertiary/aromatic N) is 4. The van der Waals surface area contributed by atoms with Gasteiger partial charge in [-0.1, -0.05) is 5.16 Å². The van der Waals surface area contributed by atoms with Gasteiger partial charge in [0.25, 0.3) is 5.91 Å². The molecule has 0 aromatic carbocycles. The van der Waals surface area contributed by atoms with Gasteiger partial charge in [0.1, 0.15) is 0 Å². The Labute approximate surface area is 145 Å². The molecule has 1 unspecified atom stereocenters. The summed E-state index contributed by atoms with van der Waals surface area (Å²) in [5.74, 6) is 0.925. The predicted molar refractivity (Wildman–Crippen MR) is 89.8 cm³/mol. The number of furan rings is 1. The Bertz CT molecular complexity index is 849. The summed E-state index contributed by atoms with van der Waals surface area (Å²) in [5, 5.41) is 8.29. The summed E-state index contributed by atoms with van der Waals surface area (Å²) in [6.07, 6.45) is 8.48. The second kappa shape index (κ2) is 6.58. The Morgan fingerprint density at radius 3 is 3.04 bits per heavy atom. The van der Waals surface area contributed by atoms with Gasteiger partial charge in [0.05, 0.1) is 25.0 Å². The van der Waals surface area contributed by atoms with Crippen LogP contribution in [0.4, 0.5) is 0 Å². The maximum atomic E-state index is 12.9. The zero-order chi connectivity index (χ0) is 17.2. The number of amides is 1. The third kappa shape index (κ3) is 3.22. The van der Waals surface area contributed by atoms with Gasteiger partial charge in [-0.3, -0.25) is 9.48 Å².